The molecule has 6 aromatic rings. The van der Waals surface area contributed by atoms with E-state index in [2.05, 4.69) is 165 Å². The topological polar surface area (TPSA) is 121 Å². The molecule has 0 radical (unpaired) electrons. The Morgan fingerprint density at radius 2 is 0.719 bits per heavy atom. The summed E-state index contributed by atoms with van der Waals surface area (Å²) in [5.74, 6) is 5.42. The van der Waals surface area contributed by atoms with Gasteiger partial charge in [0.25, 0.3) is 0 Å². The molecule has 0 bridgehead atoms. The van der Waals surface area contributed by atoms with Gasteiger partial charge in [-0.2, -0.15) is 5.10 Å². The van der Waals surface area contributed by atoms with Gasteiger partial charge < -0.3 is 18.3 Å². The second kappa shape index (κ2) is 114. The number of nitrogens with zero attached hydrogens (tertiary/aromatic N) is 2. The molecule has 0 saturated carbocycles. The maximum absolute atomic E-state index is 5.12. The van der Waals surface area contributed by atoms with E-state index >= 15 is 0 Å². The number of para-hydroxylation sites is 1. The lowest BCUT2D eigenvalue weighted by Crippen LogP contribution is -2.37. The van der Waals surface area contributed by atoms with Crippen LogP contribution >= 0.6 is 0 Å². The minimum atomic E-state index is 0.903. The molecule has 0 spiro atoms. The van der Waals surface area contributed by atoms with Crippen LogP contribution in [0.25, 0.3) is 11.0 Å². The molecule has 1 aliphatic heterocycles. The number of benzene rings is 1. The maximum atomic E-state index is 5.12. The number of aromatic nitrogens is 4. The van der Waals surface area contributed by atoms with Crippen LogP contribution in [-0.2, 0) is 0 Å². The number of H-pyrrole nitrogens is 2. The monoisotopic (exact) mass is 1260 g/mol. The number of nitrogens with one attached hydrogen (secondary N) is 4. The molecule has 7 rings (SSSR count). The Bertz CT molecular complexity index is 1390. The third-order valence-corrected chi connectivity index (χ3v) is 10.8. The summed E-state index contributed by atoms with van der Waals surface area (Å²) in [6.07, 6.45) is 42.8. The van der Waals surface area contributed by atoms with E-state index in [1.807, 2.05) is 156 Å². The third-order valence-electron chi connectivity index (χ3n) is 10.8. The van der Waals surface area contributed by atoms with Gasteiger partial charge in [0.05, 0.1) is 25.0 Å². The summed E-state index contributed by atoms with van der Waals surface area (Å²) in [6, 6.07) is 21.0. The molecule has 0 aliphatic carbocycles. The molecule has 532 valence electrons. The van der Waals surface area contributed by atoms with Crippen molar-refractivity contribution in [3.05, 3.63) is 123 Å². The Balaban J connectivity index is -0.0000000818. The van der Waals surface area contributed by atoms with Crippen LogP contribution in [0.1, 0.15) is 336 Å². The van der Waals surface area contributed by atoms with Crippen LogP contribution in [0.4, 0.5) is 0 Å². The number of hydrazine groups is 1. The molecule has 0 unspecified atom stereocenters. The number of hydrogen-bond donors (Lipinski definition) is 4. The molecular formula is C80H164N6O3. The summed E-state index contributed by atoms with van der Waals surface area (Å²) < 4.78 is 14.0. The predicted octanol–water partition coefficient (Wildman–Crippen LogP) is 28.8. The van der Waals surface area contributed by atoms with Crippen LogP contribution in [0.15, 0.2) is 136 Å². The van der Waals surface area contributed by atoms with Gasteiger partial charge in [0.1, 0.15) is 11.8 Å². The Morgan fingerprint density at radius 1 is 0.371 bits per heavy atom. The molecule has 1 aromatic carbocycles. The van der Waals surface area contributed by atoms with Gasteiger partial charge in [-0.25, -0.2) is 0 Å². The van der Waals surface area contributed by atoms with E-state index < -0.39 is 0 Å². The fourth-order valence-electron chi connectivity index (χ4n) is 6.08. The van der Waals surface area contributed by atoms with Crippen LogP contribution in [0, 0.1) is 35.5 Å². The Kier molecular flexibility index (Phi) is 140. The molecule has 9 heteroatoms. The third kappa shape index (κ3) is 142. The van der Waals surface area contributed by atoms with Crippen molar-refractivity contribution < 1.29 is 13.4 Å². The molecule has 1 fully saturated rings. The number of fused-ring (bicyclic) bond motifs is 1. The van der Waals surface area contributed by atoms with Crippen molar-refractivity contribution in [1.29, 1.82) is 0 Å². The molecule has 1 saturated heterocycles. The number of hydrogen-bond acceptors (Lipinski definition) is 7. The van der Waals surface area contributed by atoms with E-state index in [0.29, 0.717) is 0 Å². The molecule has 6 heterocycles. The van der Waals surface area contributed by atoms with Crippen molar-refractivity contribution in [3.8, 4) is 0 Å². The maximum Gasteiger partial charge on any atom is 0.133 e. The van der Waals surface area contributed by atoms with Crippen molar-refractivity contribution in [3.63, 3.8) is 0 Å². The highest BCUT2D eigenvalue weighted by Crippen LogP contribution is 2.13. The second-order valence-corrected chi connectivity index (χ2v) is 21.9. The van der Waals surface area contributed by atoms with Crippen molar-refractivity contribution >= 4 is 11.0 Å². The van der Waals surface area contributed by atoms with E-state index in [1.54, 1.807) is 43.4 Å². The second-order valence-electron chi connectivity index (χ2n) is 21.9. The van der Waals surface area contributed by atoms with Gasteiger partial charge in [-0.05, 0) is 96.9 Å². The zero-order valence-corrected chi connectivity index (χ0v) is 65.7. The van der Waals surface area contributed by atoms with Crippen LogP contribution in [0.5, 0.6) is 0 Å². The average Bonchev–Trinajstić information content (AvgIpc) is 4.39. The number of rotatable bonds is 18. The van der Waals surface area contributed by atoms with Crippen molar-refractivity contribution in [1.82, 2.24) is 31.2 Å². The average molecular weight is 1260 g/mol. The first-order valence-electron chi connectivity index (χ1n) is 36.8. The first-order chi connectivity index (χ1) is 43.1. The van der Waals surface area contributed by atoms with E-state index in [0.717, 1.165) is 59.6 Å². The zero-order valence-electron chi connectivity index (χ0n) is 65.7. The number of aromatic amines is 2. The largest absolute Gasteiger partial charge is 0.473 e. The zero-order chi connectivity index (χ0) is 70.7. The quantitative estimate of drug-likeness (QED) is 0.0676. The predicted molar refractivity (Wildman–Crippen MR) is 410 cm³/mol. The summed E-state index contributed by atoms with van der Waals surface area (Å²) in [6.45, 7) is 67.0. The summed E-state index contributed by atoms with van der Waals surface area (Å²) >= 11 is 0. The summed E-state index contributed by atoms with van der Waals surface area (Å²) in [4.78, 5) is 2.86. The van der Waals surface area contributed by atoms with Gasteiger partial charge in [0.2, 0.25) is 0 Å². The van der Waals surface area contributed by atoms with Gasteiger partial charge in [0.15, 0.2) is 0 Å². The first kappa shape index (κ1) is 109. The smallest absolute Gasteiger partial charge is 0.133 e. The van der Waals surface area contributed by atoms with Gasteiger partial charge in [-0.15, -0.1) is 0 Å². The Morgan fingerprint density at radius 3 is 0.876 bits per heavy atom. The molecule has 5 aromatic heterocycles. The molecule has 89 heavy (non-hydrogen) atoms. The summed E-state index contributed by atoms with van der Waals surface area (Å²) in [5, 5.41) is 10.7. The lowest BCUT2D eigenvalue weighted by Gasteiger charge is -2.10. The van der Waals surface area contributed by atoms with E-state index in [4.69, 9.17) is 4.42 Å². The fourth-order valence-corrected chi connectivity index (χ4v) is 6.08. The molecule has 1 aliphatic rings. The SMILES string of the molecule is C1CCNNC1.CC.CC.CC.CC.CC.CC.CCCCC(C)C.CCCCC(C)C.CCCCC(C)C.CCCCC(C)C.CCCCC(C)C.CCCCC(C)C.c1cc[nH]c1.c1ccc2occc2c1.c1ccoc1.c1cn[nH]c1.c1cnoc1. The van der Waals surface area contributed by atoms with Crippen LogP contribution in [0.2, 0.25) is 0 Å². The van der Waals surface area contributed by atoms with Gasteiger partial charge in [-0.3, -0.25) is 16.0 Å². The Labute approximate surface area is 560 Å². The van der Waals surface area contributed by atoms with Crippen LogP contribution < -0.4 is 10.9 Å². The van der Waals surface area contributed by atoms with Crippen LogP contribution in [-0.4, -0.2) is 33.4 Å². The molecule has 0 atom stereocenters. The standard InChI is InChI=1S/C8H6O.6C7H16.C4H10N2.C4H5N.C4H4O.C3H4N2.C3H3NO.6C2H6/c1-2-4-8-7(3-1)5-6-9-8;6*1-4-5-6-7(2)3;1-2-4-6-5-3-1;4*1-2-4-5-3-1;6*1-2/h1-6H;6*7H,4-6H2,1-3H3;5-6H,1-4H2;1-5H;1-4H;1-3H,(H,4,5);1-3H;6*1-2H3. The number of furan rings is 2. The highest BCUT2D eigenvalue weighted by Gasteiger charge is 1.94. The highest BCUT2D eigenvalue weighted by molar-refractivity contribution is 5.76. The van der Waals surface area contributed by atoms with E-state index in [-0.39, 0.29) is 0 Å². The van der Waals surface area contributed by atoms with E-state index in [9.17, 15) is 0 Å². The molecule has 9 nitrogen and oxygen atoms in total. The van der Waals surface area contributed by atoms with Crippen molar-refractivity contribution in [2.24, 2.45) is 35.5 Å². The minimum Gasteiger partial charge on any atom is -0.473 e. The molecule has 4 N–H and O–H groups in total. The molecular weight excluding hydrogens is 1090 g/mol. The summed E-state index contributed by atoms with van der Waals surface area (Å²) in [7, 11) is 0. The van der Waals surface area contributed by atoms with Crippen molar-refractivity contribution in [2.75, 3.05) is 13.1 Å². The highest BCUT2D eigenvalue weighted by atomic mass is 16.5. The summed E-state index contributed by atoms with van der Waals surface area (Å²) in [5.41, 5.74) is 7.03. The van der Waals surface area contributed by atoms with Gasteiger partial charge >= 0.3 is 0 Å². The minimum absolute atomic E-state index is 0.903. The van der Waals surface area contributed by atoms with Crippen molar-refractivity contribution in [2.45, 2.75) is 336 Å². The lowest BCUT2D eigenvalue weighted by molar-refractivity contribution is 0.420. The fraction of sp³-hybridized carbons (Fsp3) is 0.725. The lowest BCUT2D eigenvalue weighted by atomic mass is 10.1. The number of unbranched alkanes of at least 4 members (excludes halogenated alkanes) is 6. The van der Waals surface area contributed by atoms with Gasteiger partial charge in [0, 0.05) is 43.3 Å². The normalized spacial score (nSPS) is 9.71. The molecule has 0 amide bonds. The van der Waals surface area contributed by atoms with E-state index in [1.165, 1.54) is 135 Å². The van der Waals surface area contributed by atoms with Crippen LogP contribution in [0.3, 0.4) is 0 Å². The van der Waals surface area contributed by atoms with Gasteiger partial charge in [-0.1, -0.05) is 347 Å². The Hall–Kier alpha value is -4.34. The first-order valence-corrected chi connectivity index (χ1v) is 36.8.